The summed E-state index contributed by atoms with van der Waals surface area (Å²) in [5, 5.41) is 2.41. The summed E-state index contributed by atoms with van der Waals surface area (Å²) in [7, 11) is 0. The summed E-state index contributed by atoms with van der Waals surface area (Å²) in [4.78, 5) is 2.43. The van der Waals surface area contributed by atoms with E-state index in [1.807, 2.05) is 0 Å². The maximum absolute atomic E-state index is 2.43. The molecule has 1 nitrogen and oxygen atoms in total. The van der Waals surface area contributed by atoms with Crippen LogP contribution in [0.25, 0.3) is 66.4 Å². The Morgan fingerprint density at radius 1 is 0.226 bits per heavy atom. The summed E-state index contributed by atoms with van der Waals surface area (Å²) in [6.45, 7) is 0. The SMILES string of the molecule is c1ccc(-c2ccccc2-c2ccc(N(c3ccccc3-c3ccccc3-c3ccccc3-c3ccccc3)c3cccc4ccccc34)cc2)cc1. The van der Waals surface area contributed by atoms with Crippen molar-refractivity contribution in [2.45, 2.75) is 0 Å². The van der Waals surface area contributed by atoms with Crippen molar-refractivity contribution in [3.8, 4) is 55.6 Å². The van der Waals surface area contributed by atoms with Crippen LogP contribution in [0.4, 0.5) is 17.1 Å². The molecule has 0 bridgehead atoms. The molecule has 0 N–H and O–H groups in total. The van der Waals surface area contributed by atoms with Crippen LogP contribution in [0.1, 0.15) is 0 Å². The van der Waals surface area contributed by atoms with Gasteiger partial charge in [-0.1, -0.05) is 200 Å². The number of fused-ring (bicyclic) bond motifs is 1. The van der Waals surface area contributed by atoms with Crippen LogP contribution in [-0.2, 0) is 0 Å². The number of hydrogen-bond donors (Lipinski definition) is 0. The zero-order valence-electron chi connectivity index (χ0n) is 29.3. The third-order valence-corrected chi connectivity index (χ3v) is 10.1. The van der Waals surface area contributed by atoms with Crippen LogP contribution in [0.3, 0.4) is 0 Å². The van der Waals surface area contributed by atoms with Gasteiger partial charge in [0.2, 0.25) is 0 Å². The predicted octanol–water partition coefficient (Wildman–Crippen LogP) is 14.6. The molecule has 53 heavy (non-hydrogen) atoms. The quantitative estimate of drug-likeness (QED) is 0.155. The van der Waals surface area contributed by atoms with Crippen molar-refractivity contribution in [2.24, 2.45) is 0 Å². The van der Waals surface area contributed by atoms with Crippen molar-refractivity contribution < 1.29 is 0 Å². The Kier molecular flexibility index (Phi) is 8.66. The summed E-state index contributed by atoms with van der Waals surface area (Å²) in [5.41, 5.74) is 15.4. The van der Waals surface area contributed by atoms with Gasteiger partial charge in [-0.15, -0.1) is 0 Å². The van der Waals surface area contributed by atoms with Crippen LogP contribution in [0.5, 0.6) is 0 Å². The highest BCUT2D eigenvalue weighted by atomic mass is 15.1. The van der Waals surface area contributed by atoms with Crippen molar-refractivity contribution in [3.63, 3.8) is 0 Å². The van der Waals surface area contributed by atoms with Crippen LogP contribution in [-0.4, -0.2) is 0 Å². The monoisotopic (exact) mass is 675 g/mol. The highest BCUT2D eigenvalue weighted by Gasteiger charge is 2.21. The lowest BCUT2D eigenvalue weighted by Gasteiger charge is -2.30. The first-order valence-corrected chi connectivity index (χ1v) is 18.2. The zero-order chi connectivity index (χ0) is 35.4. The van der Waals surface area contributed by atoms with Gasteiger partial charge in [-0.05, 0) is 79.7 Å². The van der Waals surface area contributed by atoms with Gasteiger partial charge in [0, 0.05) is 16.6 Å². The summed E-state index contributed by atoms with van der Waals surface area (Å²) in [6.07, 6.45) is 0. The smallest absolute Gasteiger partial charge is 0.0540 e. The van der Waals surface area contributed by atoms with E-state index in [1.165, 1.54) is 60.8 Å². The predicted molar refractivity (Wildman–Crippen MR) is 226 cm³/mol. The molecule has 0 aliphatic carbocycles. The first-order chi connectivity index (χ1) is 26.3. The van der Waals surface area contributed by atoms with Gasteiger partial charge in [-0.3, -0.25) is 0 Å². The first-order valence-electron chi connectivity index (χ1n) is 18.2. The lowest BCUT2D eigenvalue weighted by Crippen LogP contribution is -2.12. The van der Waals surface area contributed by atoms with E-state index in [9.17, 15) is 0 Å². The molecule has 250 valence electrons. The Bertz CT molecular complexity index is 2650. The Morgan fingerprint density at radius 3 is 1.21 bits per heavy atom. The van der Waals surface area contributed by atoms with Crippen LogP contribution in [0, 0.1) is 0 Å². The highest BCUT2D eigenvalue weighted by Crippen LogP contribution is 2.47. The van der Waals surface area contributed by atoms with E-state index in [4.69, 9.17) is 0 Å². The number of benzene rings is 9. The van der Waals surface area contributed by atoms with Crippen LogP contribution < -0.4 is 4.90 Å². The molecule has 9 aromatic rings. The minimum Gasteiger partial charge on any atom is -0.309 e. The molecule has 0 aliphatic rings. The topological polar surface area (TPSA) is 3.24 Å². The standard InChI is InChI=1S/C52H37N/c1-3-18-38(19-4-1)43-24-9-10-25-44(43)41-34-36-42(37-35-41)53(51-33-17-23-40-22-7-8-27-46(40)51)52-32-16-15-31-50(52)49-30-14-13-29-48(49)47-28-12-11-26-45(47)39-20-5-2-6-21-39/h1-37H. The average molecular weight is 676 g/mol. The molecule has 0 aromatic heterocycles. The molecule has 0 saturated carbocycles. The Labute approximate surface area is 311 Å². The van der Waals surface area contributed by atoms with Crippen LogP contribution >= 0.6 is 0 Å². The normalized spacial score (nSPS) is 11.0. The van der Waals surface area contributed by atoms with Gasteiger partial charge >= 0.3 is 0 Å². The third-order valence-electron chi connectivity index (χ3n) is 10.1. The lowest BCUT2D eigenvalue weighted by molar-refractivity contribution is 1.30. The molecule has 0 amide bonds. The molecule has 0 fully saturated rings. The molecule has 0 unspecified atom stereocenters. The number of rotatable bonds is 8. The molecular weight excluding hydrogens is 639 g/mol. The van der Waals surface area contributed by atoms with E-state index >= 15 is 0 Å². The van der Waals surface area contributed by atoms with E-state index < -0.39 is 0 Å². The van der Waals surface area contributed by atoms with Crippen molar-refractivity contribution in [1.29, 1.82) is 0 Å². The van der Waals surface area contributed by atoms with Gasteiger partial charge in [-0.25, -0.2) is 0 Å². The summed E-state index contributed by atoms with van der Waals surface area (Å²) < 4.78 is 0. The van der Waals surface area contributed by atoms with Gasteiger partial charge in [-0.2, -0.15) is 0 Å². The largest absolute Gasteiger partial charge is 0.309 e. The lowest BCUT2D eigenvalue weighted by atomic mass is 9.88. The van der Waals surface area contributed by atoms with Crippen molar-refractivity contribution in [2.75, 3.05) is 4.90 Å². The van der Waals surface area contributed by atoms with Crippen LogP contribution in [0.2, 0.25) is 0 Å². The Balaban J connectivity index is 1.23. The molecule has 0 heterocycles. The second kappa shape index (κ2) is 14.3. The maximum Gasteiger partial charge on any atom is 0.0540 e. The van der Waals surface area contributed by atoms with Crippen molar-refractivity contribution >= 4 is 27.8 Å². The first kappa shape index (κ1) is 32.0. The molecule has 0 saturated heterocycles. The number of anilines is 3. The molecule has 0 atom stereocenters. The van der Waals surface area contributed by atoms with E-state index in [-0.39, 0.29) is 0 Å². The second-order valence-corrected chi connectivity index (χ2v) is 13.3. The van der Waals surface area contributed by atoms with Gasteiger partial charge < -0.3 is 4.90 Å². The zero-order valence-corrected chi connectivity index (χ0v) is 29.3. The van der Waals surface area contributed by atoms with Gasteiger partial charge in [0.05, 0.1) is 11.4 Å². The fourth-order valence-electron chi connectivity index (χ4n) is 7.64. The molecule has 0 aliphatic heterocycles. The van der Waals surface area contributed by atoms with Crippen molar-refractivity contribution in [1.82, 2.24) is 0 Å². The number of hydrogen-bond acceptors (Lipinski definition) is 1. The summed E-state index contributed by atoms with van der Waals surface area (Å²) in [5.74, 6) is 0. The number of nitrogens with zero attached hydrogens (tertiary/aromatic N) is 1. The minimum absolute atomic E-state index is 1.09. The average Bonchev–Trinajstić information content (AvgIpc) is 3.25. The van der Waals surface area contributed by atoms with E-state index in [1.54, 1.807) is 0 Å². The maximum atomic E-state index is 2.43. The Hall–Kier alpha value is -6.96. The Morgan fingerprint density at radius 2 is 0.604 bits per heavy atom. The highest BCUT2D eigenvalue weighted by molar-refractivity contribution is 6.03. The minimum atomic E-state index is 1.09. The third kappa shape index (κ3) is 6.20. The number of para-hydroxylation sites is 1. The van der Waals surface area contributed by atoms with Gasteiger partial charge in [0.25, 0.3) is 0 Å². The van der Waals surface area contributed by atoms with Crippen molar-refractivity contribution in [3.05, 3.63) is 224 Å². The van der Waals surface area contributed by atoms with Gasteiger partial charge in [0.15, 0.2) is 0 Å². The van der Waals surface area contributed by atoms with Gasteiger partial charge in [0.1, 0.15) is 0 Å². The molecule has 0 radical (unpaired) electrons. The molecule has 9 rings (SSSR count). The molecule has 1 heteroatoms. The van der Waals surface area contributed by atoms with E-state index in [2.05, 4.69) is 229 Å². The molecular formula is C52H37N. The fourth-order valence-corrected chi connectivity index (χ4v) is 7.64. The van der Waals surface area contributed by atoms with Crippen LogP contribution in [0.15, 0.2) is 224 Å². The molecule has 9 aromatic carbocycles. The molecule has 0 spiro atoms. The fraction of sp³-hybridized carbons (Fsp3) is 0. The summed E-state index contributed by atoms with van der Waals surface area (Å²) >= 11 is 0. The summed E-state index contributed by atoms with van der Waals surface area (Å²) in [6, 6.07) is 80.8. The second-order valence-electron chi connectivity index (χ2n) is 13.3. The van der Waals surface area contributed by atoms with E-state index in [0.717, 1.165) is 22.6 Å². The van der Waals surface area contributed by atoms with E-state index in [0.29, 0.717) is 0 Å².